The number of rotatable bonds is 5. The van der Waals surface area contributed by atoms with Crippen molar-refractivity contribution in [2.24, 2.45) is 7.05 Å². The molecule has 0 saturated carbocycles. The molecule has 5 nitrogen and oxygen atoms in total. The third-order valence-corrected chi connectivity index (χ3v) is 7.08. The largest absolute Gasteiger partial charge is 0.288 e. The second-order valence-electron chi connectivity index (χ2n) is 7.84. The highest BCUT2D eigenvalue weighted by molar-refractivity contribution is 7.17. The SMILES string of the molecule is Cc1c(-c2nc(-c3ccccc3)c(C(=O)c3ccc(Cl)cc3)s2)c(=O)n(-c2ccccc2)n1C. The first-order valence-electron chi connectivity index (χ1n) is 10.7. The van der Waals surface area contributed by atoms with Crippen molar-refractivity contribution in [3.63, 3.8) is 0 Å². The summed E-state index contributed by atoms with van der Waals surface area (Å²) in [5, 5.41) is 1.08. The molecule has 0 atom stereocenters. The summed E-state index contributed by atoms with van der Waals surface area (Å²) in [5.74, 6) is -0.156. The number of aromatic nitrogens is 3. The average molecular weight is 486 g/mol. The number of hydrogen-bond acceptors (Lipinski definition) is 4. The lowest BCUT2D eigenvalue weighted by Gasteiger charge is -2.07. The molecule has 0 aliphatic carbocycles. The predicted octanol–water partition coefficient (Wildman–Crippen LogP) is 6.16. The van der Waals surface area contributed by atoms with Crippen LogP contribution in [0.4, 0.5) is 0 Å². The first kappa shape index (κ1) is 22.1. The van der Waals surface area contributed by atoms with E-state index in [1.807, 2.05) is 79.3 Å². The van der Waals surface area contributed by atoms with Crippen molar-refractivity contribution in [2.75, 3.05) is 0 Å². The van der Waals surface area contributed by atoms with Gasteiger partial charge >= 0.3 is 0 Å². The summed E-state index contributed by atoms with van der Waals surface area (Å²) >= 11 is 7.26. The summed E-state index contributed by atoms with van der Waals surface area (Å²) in [4.78, 5) is 32.4. The second kappa shape index (κ2) is 8.89. The monoisotopic (exact) mass is 485 g/mol. The van der Waals surface area contributed by atoms with E-state index < -0.39 is 0 Å². The molecule has 0 amide bonds. The van der Waals surface area contributed by atoms with Gasteiger partial charge in [-0.25, -0.2) is 9.67 Å². The lowest BCUT2D eigenvalue weighted by molar-refractivity contribution is 0.104. The van der Waals surface area contributed by atoms with E-state index in [2.05, 4.69) is 0 Å². The molecule has 0 aliphatic heterocycles. The normalized spacial score (nSPS) is 11.0. The number of nitrogens with zero attached hydrogens (tertiary/aromatic N) is 3. The molecule has 0 aliphatic rings. The van der Waals surface area contributed by atoms with Gasteiger partial charge < -0.3 is 0 Å². The number of benzene rings is 3. The number of para-hydroxylation sites is 1. The Morgan fingerprint density at radius 2 is 1.53 bits per heavy atom. The van der Waals surface area contributed by atoms with E-state index >= 15 is 0 Å². The highest BCUT2D eigenvalue weighted by Crippen LogP contribution is 2.36. The fraction of sp³-hybridized carbons (Fsp3) is 0.0741. The maximum Gasteiger partial charge on any atom is 0.281 e. The van der Waals surface area contributed by atoms with Gasteiger partial charge in [0.25, 0.3) is 5.56 Å². The van der Waals surface area contributed by atoms with Crippen molar-refractivity contribution in [1.82, 2.24) is 14.3 Å². The number of hydrogen-bond donors (Lipinski definition) is 0. The van der Waals surface area contributed by atoms with Gasteiger partial charge in [-0.1, -0.05) is 60.1 Å². The van der Waals surface area contributed by atoms with Gasteiger partial charge in [-0.05, 0) is 43.3 Å². The zero-order valence-electron chi connectivity index (χ0n) is 18.5. The molecule has 168 valence electrons. The summed E-state index contributed by atoms with van der Waals surface area (Å²) in [6, 6.07) is 25.8. The van der Waals surface area contributed by atoms with Gasteiger partial charge in [-0.15, -0.1) is 11.3 Å². The van der Waals surface area contributed by atoms with Gasteiger partial charge in [0.2, 0.25) is 5.78 Å². The molecule has 2 heterocycles. The van der Waals surface area contributed by atoms with Crippen LogP contribution >= 0.6 is 22.9 Å². The maximum absolute atomic E-state index is 13.6. The van der Waals surface area contributed by atoms with E-state index in [0.29, 0.717) is 31.7 Å². The molecule has 0 radical (unpaired) electrons. The molecule has 0 spiro atoms. The summed E-state index contributed by atoms with van der Waals surface area (Å²) in [7, 11) is 1.85. The molecular formula is C27H20ClN3O2S. The fourth-order valence-corrected chi connectivity index (χ4v) is 5.18. The number of halogens is 1. The van der Waals surface area contributed by atoms with E-state index in [1.165, 1.54) is 11.3 Å². The topological polar surface area (TPSA) is 56.9 Å². The molecule has 0 bridgehead atoms. The number of thiazole rings is 1. The Morgan fingerprint density at radius 3 is 2.18 bits per heavy atom. The molecule has 2 aromatic heterocycles. The smallest absolute Gasteiger partial charge is 0.281 e. The number of carbonyl (C=O) groups excluding carboxylic acids is 1. The maximum atomic E-state index is 13.6. The fourth-order valence-electron chi connectivity index (χ4n) is 3.92. The van der Waals surface area contributed by atoms with Gasteiger partial charge in [0.05, 0.1) is 16.9 Å². The van der Waals surface area contributed by atoms with Crippen molar-refractivity contribution < 1.29 is 4.79 Å². The molecule has 5 aromatic rings. The molecule has 0 unspecified atom stereocenters. The van der Waals surface area contributed by atoms with Crippen LogP contribution in [0.1, 0.15) is 20.9 Å². The van der Waals surface area contributed by atoms with Gasteiger partial charge in [-0.3, -0.25) is 14.3 Å². The van der Waals surface area contributed by atoms with Gasteiger partial charge in [-0.2, -0.15) is 0 Å². The Balaban J connectivity index is 1.71. The Morgan fingerprint density at radius 1 is 0.912 bits per heavy atom. The lowest BCUT2D eigenvalue weighted by atomic mass is 10.1. The van der Waals surface area contributed by atoms with Crippen LogP contribution in [0.15, 0.2) is 89.7 Å². The van der Waals surface area contributed by atoms with Crippen LogP contribution in [-0.4, -0.2) is 20.1 Å². The standard InChI is InChI=1S/C27H20ClN3O2S/c1-17-22(27(33)31(30(17)2)21-11-7-4-8-12-21)26-29-23(18-9-5-3-6-10-18)25(34-26)24(32)19-13-15-20(28)16-14-19/h3-16H,1-2H3. The summed E-state index contributed by atoms with van der Waals surface area (Å²) < 4.78 is 3.44. The Kier molecular flexibility index (Phi) is 5.77. The third kappa shape index (κ3) is 3.81. The Labute approximate surface area is 205 Å². The van der Waals surface area contributed by atoms with Gasteiger partial charge in [0.15, 0.2) is 0 Å². The van der Waals surface area contributed by atoms with Crippen LogP contribution in [0.5, 0.6) is 0 Å². The lowest BCUT2D eigenvalue weighted by Crippen LogP contribution is -2.20. The Hall–Kier alpha value is -3.74. The molecule has 0 fully saturated rings. The van der Waals surface area contributed by atoms with E-state index in [4.69, 9.17) is 16.6 Å². The van der Waals surface area contributed by atoms with Crippen molar-refractivity contribution in [3.8, 4) is 27.5 Å². The third-order valence-electron chi connectivity index (χ3n) is 5.76. The van der Waals surface area contributed by atoms with Crippen molar-refractivity contribution in [3.05, 3.63) is 116 Å². The minimum absolute atomic E-state index is 0.156. The zero-order valence-corrected chi connectivity index (χ0v) is 20.1. The van der Waals surface area contributed by atoms with Crippen LogP contribution < -0.4 is 5.56 Å². The predicted molar refractivity (Wildman–Crippen MR) is 137 cm³/mol. The summed E-state index contributed by atoms with van der Waals surface area (Å²) in [6.07, 6.45) is 0. The highest BCUT2D eigenvalue weighted by atomic mass is 35.5. The first-order valence-corrected chi connectivity index (χ1v) is 11.9. The molecule has 5 rings (SSSR count). The number of carbonyl (C=O) groups is 1. The minimum atomic E-state index is -0.176. The van der Waals surface area contributed by atoms with Crippen LogP contribution in [0.3, 0.4) is 0 Å². The van der Waals surface area contributed by atoms with E-state index in [-0.39, 0.29) is 11.3 Å². The van der Waals surface area contributed by atoms with Crippen LogP contribution in [-0.2, 0) is 7.05 Å². The molecule has 7 heteroatoms. The second-order valence-corrected chi connectivity index (χ2v) is 9.27. The van der Waals surface area contributed by atoms with Crippen molar-refractivity contribution >= 4 is 28.7 Å². The molecule has 3 aromatic carbocycles. The first-order chi connectivity index (χ1) is 16.5. The highest BCUT2D eigenvalue weighted by Gasteiger charge is 2.26. The average Bonchev–Trinajstić information content (AvgIpc) is 3.39. The molecular weight excluding hydrogens is 466 g/mol. The van der Waals surface area contributed by atoms with Crippen molar-refractivity contribution in [1.29, 1.82) is 0 Å². The molecule has 34 heavy (non-hydrogen) atoms. The van der Waals surface area contributed by atoms with Crippen molar-refractivity contribution in [2.45, 2.75) is 6.92 Å². The van der Waals surface area contributed by atoms with Gasteiger partial charge in [0, 0.05) is 28.9 Å². The molecule has 0 saturated heterocycles. The van der Waals surface area contributed by atoms with Crippen LogP contribution in [0.25, 0.3) is 27.5 Å². The van der Waals surface area contributed by atoms with E-state index in [9.17, 15) is 9.59 Å². The van der Waals surface area contributed by atoms with Gasteiger partial charge in [0.1, 0.15) is 9.88 Å². The minimum Gasteiger partial charge on any atom is -0.288 e. The summed E-state index contributed by atoms with van der Waals surface area (Å²) in [6.45, 7) is 1.89. The molecule has 0 N–H and O–H groups in total. The Bertz CT molecular complexity index is 1550. The van der Waals surface area contributed by atoms with E-state index in [0.717, 1.165) is 16.9 Å². The summed E-state index contributed by atoms with van der Waals surface area (Å²) in [5.41, 5.74) is 3.75. The van der Waals surface area contributed by atoms with E-state index in [1.54, 1.807) is 28.9 Å². The zero-order chi connectivity index (χ0) is 23.8. The van der Waals surface area contributed by atoms with Crippen LogP contribution in [0.2, 0.25) is 5.02 Å². The number of ketones is 1. The van der Waals surface area contributed by atoms with Crippen LogP contribution in [0, 0.1) is 6.92 Å². The quantitative estimate of drug-likeness (QED) is 0.280.